The van der Waals surface area contributed by atoms with Gasteiger partial charge in [-0.15, -0.1) is 0 Å². The predicted molar refractivity (Wildman–Crippen MR) is 52.5 cm³/mol. The molecule has 16 heavy (non-hydrogen) atoms. The summed E-state index contributed by atoms with van der Waals surface area (Å²) in [6.45, 7) is 3.85. The lowest BCUT2D eigenvalue weighted by atomic mass is 10.1. The fourth-order valence-corrected chi connectivity index (χ4v) is 1.22. The number of alkyl halides is 3. The lowest BCUT2D eigenvalue weighted by Crippen LogP contribution is -2.07. The van der Waals surface area contributed by atoms with Crippen LogP contribution in [0.1, 0.15) is 20.3 Å². The maximum Gasteiger partial charge on any atom is 0.503 e. The molecule has 1 saturated carbocycles. The molecule has 0 spiro atoms. The Hall–Kier alpha value is -0.910. The van der Waals surface area contributed by atoms with Gasteiger partial charge in [0.25, 0.3) is 0 Å². The largest absolute Gasteiger partial charge is 0.503 e. The molecule has 1 unspecified atom stereocenters. The first kappa shape index (κ1) is 15.1. The topological polar surface area (TPSA) is 57.5 Å². The van der Waals surface area contributed by atoms with Gasteiger partial charge >= 0.3 is 12.3 Å². The first-order valence-electron chi connectivity index (χ1n) is 4.33. The normalized spacial score (nSPS) is 23.1. The first-order valence-corrected chi connectivity index (χ1v) is 4.71. The van der Waals surface area contributed by atoms with E-state index in [1.165, 1.54) is 0 Å². The van der Waals surface area contributed by atoms with Gasteiger partial charge in [-0.1, -0.05) is 31.5 Å². The second-order valence-corrected chi connectivity index (χ2v) is 4.50. The lowest BCUT2D eigenvalue weighted by Gasteiger charge is -2.04. The molecule has 0 bridgehead atoms. The molecule has 1 rings (SSSR count). The number of rotatable bonds is 1. The van der Waals surface area contributed by atoms with E-state index < -0.39 is 17.4 Å². The Kier molecular flexibility index (Phi) is 4.67. The summed E-state index contributed by atoms with van der Waals surface area (Å²) in [5.74, 6) is -0.00775. The van der Waals surface area contributed by atoms with E-state index in [-0.39, 0.29) is 11.3 Å². The Balaban J connectivity index is 0.000000487. The van der Waals surface area contributed by atoms with E-state index >= 15 is 0 Å². The maximum absolute atomic E-state index is 11.9. The van der Waals surface area contributed by atoms with E-state index in [0.717, 1.165) is 12.5 Å². The van der Waals surface area contributed by atoms with Crippen molar-refractivity contribution in [2.45, 2.75) is 26.4 Å². The molecule has 94 valence electrons. The zero-order chi connectivity index (χ0) is 13.1. The molecular formula is C9H12ClF3O3. The molecular weight excluding hydrogens is 249 g/mol. The van der Waals surface area contributed by atoms with E-state index in [1.54, 1.807) is 0 Å². The third-order valence-electron chi connectivity index (χ3n) is 2.21. The van der Waals surface area contributed by atoms with Gasteiger partial charge in [-0.25, -0.2) is 4.79 Å². The van der Waals surface area contributed by atoms with Gasteiger partial charge in [0.15, 0.2) is 0 Å². The summed E-state index contributed by atoms with van der Waals surface area (Å²) in [6.07, 6.45) is -4.30. The van der Waals surface area contributed by atoms with Crippen LogP contribution in [0, 0.1) is 11.3 Å². The Morgan fingerprint density at radius 2 is 1.75 bits per heavy atom. The summed E-state index contributed by atoms with van der Waals surface area (Å²) >= 11 is 5.06. The summed E-state index contributed by atoms with van der Waals surface area (Å²) in [4.78, 5) is 8.56. The Bertz CT molecular complexity index is 293. The molecule has 2 N–H and O–H groups in total. The number of carboxylic acid groups (broad SMARTS) is 2. The van der Waals surface area contributed by atoms with Gasteiger partial charge in [0, 0.05) is 0 Å². The number of halogens is 4. The van der Waals surface area contributed by atoms with Crippen molar-refractivity contribution in [3.05, 3.63) is 11.1 Å². The number of hydrogen-bond donors (Lipinski definition) is 2. The third kappa shape index (κ3) is 5.85. The van der Waals surface area contributed by atoms with Gasteiger partial charge in [-0.3, -0.25) is 0 Å². The van der Waals surface area contributed by atoms with Crippen molar-refractivity contribution in [2.24, 2.45) is 11.3 Å². The summed E-state index contributed by atoms with van der Waals surface area (Å²) in [5.41, 5.74) is 0.00535. The highest BCUT2D eigenvalue weighted by Gasteiger charge is 2.46. The average Bonchev–Trinajstić information content (AvgIpc) is 2.54. The molecule has 0 radical (unpaired) electrons. The minimum atomic E-state index is -4.37. The van der Waals surface area contributed by atoms with Crippen molar-refractivity contribution in [1.82, 2.24) is 0 Å². The zero-order valence-electron chi connectivity index (χ0n) is 8.68. The van der Waals surface area contributed by atoms with Crippen LogP contribution in [0.5, 0.6) is 0 Å². The Morgan fingerprint density at radius 1 is 1.44 bits per heavy atom. The zero-order valence-corrected chi connectivity index (χ0v) is 9.43. The van der Waals surface area contributed by atoms with Crippen LogP contribution in [0.3, 0.4) is 0 Å². The molecule has 7 heteroatoms. The van der Waals surface area contributed by atoms with Crippen LogP contribution in [0.4, 0.5) is 18.0 Å². The molecule has 1 fully saturated rings. The summed E-state index contributed by atoms with van der Waals surface area (Å²) in [5, 5.41) is 13.0. The van der Waals surface area contributed by atoms with Crippen LogP contribution in [0.2, 0.25) is 0 Å². The highest BCUT2D eigenvalue weighted by Crippen LogP contribution is 2.53. The van der Waals surface area contributed by atoms with Gasteiger partial charge in [-0.2, -0.15) is 13.2 Å². The highest BCUT2D eigenvalue weighted by atomic mass is 35.5. The lowest BCUT2D eigenvalue weighted by molar-refractivity contribution is -0.0848. The molecule has 0 aromatic carbocycles. The highest BCUT2D eigenvalue weighted by molar-refractivity contribution is 6.30. The number of carbonyl (C=O) groups is 1. The minimum absolute atomic E-state index is 0.00535. The average molecular weight is 261 g/mol. The van der Waals surface area contributed by atoms with Crippen molar-refractivity contribution in [2.75, 3.05) is 0 Å². The Labute approximate surface area is 95.5 Å². The maximum atomic E-state index is 11.9. The van der Waals surface area contributed by atoms with Gasteiger partial charge in [0.05, 0.1) is 0 Å². The van der Waals surface area contributed by atoms with E-state index in [2.05, 4.69) is 0 Å². The van der Waals surface area contributed by atoms with E-state index in [9.17, 15) is 13.2 Å². The van der Waals surface area contributed by atoms with Crippen LogP contribution in [-0.2, 0) is 0 Å². The van der Waals surface area contributed by atoms with Gasteiger partial charge < -0.3 is 10.2 Å². The SMILES string of the molecule is CC1(C)CC1/C=C(\Cl)C(F)(F)F.O=C(O)O. The monoisotopic (exact) mass is 260 g/mol. The third-order valence-corrected chi connectivity index (χ3v) is 2.55. The van der Waals surface area contributed by atoms with Crippen molar-refractivity contribution >= 4 is 17.8 Å². The number of hydrogen-bond acceptors (Lipinski definition) is 1. The van der Waals surface area contributed by atoms with E-state index in [1.807, 2.05) is 13.8 Å². The molecule has 1 aliphatic rings. The van der Waals surface area contributed by atoms with Gasteiger partial charge in [0.1, 0.15) is 5.03 Å². The number of allylic oxidation sites excluding steroid dienone is 2. The van der Waals surface area contributed by atoms with Crippen molar-refractivity contribution in [1.29, 1.82) is 0 Å². The second kappa shape index (κ2) is 4.95. The van der Waals surface area contributed by atoms with E-state index in [4.69, 9.17) is 26.6 Å². The molecule has 0 aromatic rings. The van der Waals surface area contributed by atoms with Crippen molar-refractivity contribution < 1.29 is 28.2 Å². The summed E-state index contributed by atoms with van der Waals surface area (Å²) < 4.78 is 35.7. The minimum Gasteiger partial charge on any atom is -0.450 e. The molecule has 3 nitrogen and oxygen atoms in total. The second-order valence-electron chi connectivity index (χ2n) is 4.09. The van der Waals surface area contributed by atoms with Crippen molar-refractivity contribution in [3.8, 4) is 0 Å². The standard InChI is InChI=1S/C8H10ClF3.CH2O3/c1-7(2)4-5(7)3-6(9)8(10,11)12;2-1(3)4/h3,5H,4H2,1-2H3;(H2,2,3,4)/b6-3-;. The van der Waals surface area contributed by atoms with Crippen LogP contribution in [0.25, 0.3) is 0 Å². The smallest absolute Gasteiger partial charge is 0.450 e. The fraction of sp³-hybridized carbons (Fsp3) is 0.667. The van der Waals surface area contributed by atoms with Gasteiger partial charge in [-0.05, 0) is 17.8 Å². The molecule has 0 amide bonds. The summed E-state index contributed by atoms with van der Waals surface area (Å²) in [6, 6.07) is 0. The molecule has 0 aromatic heterocycles. The van der Waals surface area contributed by atoms with Gasteiger partial charge in [0.2, 0.25) is 0 Å². The summed E-state index contributed by atoms with van der Waals surface area (Å²) in [7, 11) is 0. The first-order chi connectivity index (χ1) is 6.97. The van der Waals surface area contributed by atoms with Crippen LogP contribution in [0.15, 0.2) is 11.1 Å². The predicted octanol–water partition coefficient (Wildman–Crippen LogP) is 3.94. The van der Waals surface area contributed by atoms with Crippen LogP contribution < -0.4 is 0 Å². The van der Waals surface area contributed by atoms with Crippen LogP contribution >= 0.6 is 11.6 Å². The van der Waals surface area contributed by atoms with E-state index in [0.29, 0.717) is 0 Å². The molecule has 0 aliphatic heterocycles. The fourth-order valence-electron chi connectivity index (χ4n) is 1.06. The molecule has 1 atom stereocenters. The molecule has 1 aliphatic carbocycles. The quantitative estimate of drug-likeness (QED) is 0.751. The van der Waals surface area contributed by atoms with Crippen LogP contribution in [-0.4, -0.2) is 22.5 Å². The molecule has 0 heterocycles. The molecule has 0 saturated heterocycles. The Morgan fingerprint density at radius 3 is 1.94 bits per heavy atom. The van der Waals surface area contributed by atoms with Crippen molar-refractivity contribution in [3.63, 3.8) is 0 Å².